The maximum absolute atomic E-state index is 12.7. The maximum Gasteiger partial charge on any atom is 0.272 e. The third-order valence-electron chi connectivity index (χ3n) is 4.70. The topological polar surface area (TPSA) is 65.5 Å². The van der Waals surface area contributed by atoms with E-state index >= 15 is 0 Å². The molecule has 0 spiro atoms. The van der Waals surface area contributed by atoms with Crippen LogP contribution < -0.4 is 5.32 Å². The summed E-state index contributed by atoms with van der Waals surface area (Å²) in [5.74, 6) is -0.148. The van der Waals surface area contributed by atoms with Gasteiger partial charge in [0.2, 0.25) is 0 Å². The van der Waals surface area contributed by atoms with E-state index in [-0.39, 0.29) is 11.8 Å². The highest BCUT2D eigenvalue weighted by Gasteiger charge is 2.26. The summed E-state index contributed by atoms with van der Waals surface area (Å²) in [4.78, 5) is 33.1. The van der Waals surface area contributed by atoms with Gasteiger partial charge in [0.05, 0.1) is 0 Å². The molecule has 0 aliphatic carbocycles. The van der Waals surface area contributed by atoms with Gasteiger partial charge in [-0.2, -0.15) is 0 Å². The number of carbonyl (C=O) groups is 2. The van der Waals surface area contributed by atoms with Gasteiger partial charge in [0.1, 0.15) is 11.4 Å². The van der Waals surface area contributed by atoms with Gasteiger partial charge in [-0.15, -0.1) is 0 Å². The number of nitrogens with zero attached hydrogens (tertiary/aromatic N) is 3. The Kier molecular flexibility index (Phi) is 4.91. The molecule has 124 valence electrons. The average molecular weight is 316 g/mol. The SMILES string of the molecule is CNC1CCCN(C(=O)c2cccc(C(=O)N3CCCC3)n2)C1. The zero-order valence-electron chi connectivity index (χ0n) is 13.6. The van der Waals surface area contributed by atoms with Gasteiger partial charge in [0.25, 0.3) is 11.8 Å². The number of aromatic nitrogens is 1. The van der Waals surface area contributed by atoms with E-state index in [1.807, 2.05) is 16.8 Å². The molecule has 2 aliphatic rings. The first-order valence-corrected chi connectivity index (χ1v) is 8.42. The van der Waals surface area contributed by atoms with Crippen LogP contribution in [0.4, 0.5) is 0 Å². The molecule has 0 aromatic carbocycles. The van der Waals surface area contributed by atoms with Gasteiger partial charge in [-0.05, 0) is 44.9 Å². The van der Waals surface area contributed by atoms with Crippen LogP contribution in [-0.2, 0) is 0 Å². The Morgan fingerprint density at radius 1 is 1.04 bits per heavy atom. The Morgan fingerprint density at radius 3 is 2.30 bits per heavy atom. The van der Waals surface area contributed by atoms with E-state index in [4.69, 9.17) is 0 Å². The van der Waals surface area contributed by atoms with E-state index in [0.717, 1.165) is 45.3 Å². The van der Waals surface area contributed by atoms with Gasteiger partial charge < -0.3 is 15.1 Å². The lowest BCUT2D eigenvalue weighted by Crippen LogP contribution is -2.47. The molecule has 2 amide bonds. The molecule has 1 atom stereocenters. The third kappa shape index (κ3) is 3.52. The van der Waals surface area contributed by atoms with Crippen LogP contribution in [0.2, 0.25) is 0 Å². The summed E-state index contributed by atoms with van der Waals surface area (Å²) in [6, 6.07) is 5.49. The summed E-state index contributed by atoms with van der Waals surface area (Å²) >= 11 is 0. The molecule has 3 heterocycles. The van der Waals surface area contributed by atoms with Crippen molar-refractivity contribution in [1.29, 1.82) is 0 Å². The van der Waals surface area contributed by atoms with Crippen molar-refractivity contribution in [1.82, 2.24) is 20.1 Å². The highest BCUT2D eigenvalue weighted by Crippen LogP contribution is 2.15. The van der Waals surface area contributed by atoms with E-state index in [1.165, 1.54) is 0 Å². The Hall–Kier alpha value is -1.95. The van der Waals surface area contributed by atoms with Crippen molar-refractivity contribution in [2.45, 2.75) is 31.7 Å². The van der Waals surface area contributed by atoms with E-state index in [9.17, 15) is 9.59 Å². The number of rotatable bonds is 3. The fraction of sp³-hybridized carbons (Fsp3) is 0.588. The molecule has 1 aromatic rings. The lowest BCUT2D eigenvalue weighted by molar-refractivity contribution is 0.0691. The molecule has 2 fully saturated rings. The van der Waals surface area contributed by atoms with Crippen LogP contribution in [0.1, 0.15) is 46.7 Å². The van der Waals surface area contributed by atoms with Crippen molar-refractivity contribution in [2.75, 3.05) is 33.2 Å². The van der Waals surface area contributed by atoms with Gasteiger partial charge in [-0.25, -0.2) is 4.98 Å². The fourth-order valence-electron chi connectivity index (χ4n) is 3.31. The molecule has 1 aromatic heterocycles. The molecule has 0 bridgehead atoms. The number of piperidine rings is 1. The van der Waals surface area contributed by atoms with Crippen LogP contribution in [0, 0.1) is 0 Å². The van der Waals surface area contributed by atoms with Crippen molar-refractivity contribution < 1.29 is 9.59 Å². The van der Waals surface area contributed by atoms with Crippen LogP contribution in [0.5, 0.6) is 0 Å². The Balaban J connectivity index is 1.73. The average Bonchev–Trinajstić information content (AvgIpc) is 3.15. The lowest BCUT2D eigenvalue weighted by atomic mass is 10.1. The van der Waals surface area contributed by atoms with Crippen molar-refractivity contribution in [3.8, 4) is 0 Å². The zero-order chi connectivity index (χ0) is 16.2. The van der Waals surface area contributed by atoms with E-state index in [0.29, 0.717) is 24.0 Å². The quantitative estimate of drug-likeness (QED) is 0.908. The molecule has 0 radical (unpaired) electrons. The van der Waals surface area contributed by atoms with E-state index in [2.05, 4.69) is 10.3 Å². The molecule has 2 aliphatic heterocycles. The molecule has 0 saturated carbocycles. The lowest BCUT2D eigenvalue weighted by Gasteiger charge is -2.32. The molecular formula is C17H24N4O2. The normalized spacial score (nSPS) is 21.5. The van der Waals surface area contributed by atoms with Crippen molar-refractivity contribution in [3.63, 3.8) is 0 Å². The second-order valence-corrected chi connectivity index (χ2v) is 6.29. The predicted octanol–water partition coefficient (Wildman–Crippen LogP) is 1.14. The Morgan fingerprint density at radius 2 is 1.65 bits per heavy atom. The molecular weight excluding hydrogens is 292 g/mol. The molecule has 6 heteroatoms. The van der Waals surface area contributed by atoms with Crippen LogP contribution in [-0.4, -0.2) is 65.9 Å². The summed E-state index contributed by atoms with van der Waals surface area (Å²) in [5, 5.41) is 3.23. The second-order valence-electron chi connectivity index (χ2n) is 6.29. The number of likely N-dealkylation sites (N-methyl/N-ethyl adjacent to an activating group) is 1. The van der Waals surface area contributed by atoms with E-state index in [1.54, 1.807) is 18.2 Å². The summed E-state index contributed by atoms with van der Waals surface area (Å²) in [6.07, 6.45) is 4.16. The van der Waals surface area contributed by atoms with Crippen LogP contribution in [0.15, 0.2) is 18.2 Å². The first kappa shape index (κ1) is 15.9. The van der Waals surface area contributed by atoms with Gasteiger partial charge in [0.15, 0.2) is 0 Å². The third-order valence-corrected chi connectivity index (χ3v) is 4.70. The minimum atomic E-state index is -0.0824. The smallest absolute Gasteiger partial charge is 0.272 e. The molecule has 1 unspecified atom stereocenters. The standard InChI is InChI=1S/C17H24N4O2/c1-18-13-6-5-11-21(12-13)17(23)15-8-4-7-14(19-15)16(22)20-9-2-3-10-20/h4,7-8,13,18H,2-3,5-6,9-12H2,1H3. The minimum Gasteiger partial charge on any atom is -0.337 e. The summed E-state index contributed by atoms with van der Waals surface area (Å²) in [5.41, 5.74) is 0.742. The fourth-order valence-corrected chi connectivity index (χ4v) is 3.31. The van der Waals surface area contributed by atoms with Gasteiger partial charge in [-0.3, -0.25) is 9.59 Å². The number of likely N-dealkylation sites (tertiary alicyclic amines) is 2. The van der Waals surface area contributed by atoms with Gasteiger partial charge >= 0.3 is 0 Å². The number of hydrogen-bond donors (Lipinski definition) is 1. The van der Waals surface area contributed by atoms with E-state index < -0.39 is 0 Å². The van der Waals surface area contributed by atoms with Crippen molar-refractivity contribution >= 4 is 11.8 Å². The first-order valence-electron chi connectivity index (χ1n) is 8.42. The van der Waals surface area contributed by atoms with Crippen LogP contribution in [0.25, 0.3) is 0 Å². The Bertz CT molecular complexity index is 584. The van der Waals surface area contributed by atoms with Crippen molar-refractivity contribution in [3.05, 3.63) is 29.6 Å². The number of hydrogen-bond acceptors (Lipinski definition) is 4. The second kappa shape index (κ2) is 7.08. The number of carbonyl (C=O) groups excluding carboxylic acids is 2. The zero-order valence-corrected chi connectivity index (χ0v) is 13.6. The number of amides is 2. The molecule has 23 heavy (non-hydrogen) atoms. The first-order chi connectivity index (χ1) is 11.2. The molecule has 6 nitrogen and oxygen atoms in total. The van der Waals surface area contributed by atoms with Crippen LogP contribution >= 0.6 is 0 Å². The number of pyridine rings is 1. The largest absolute Gasteiger partial charge is 0.337 e. The maximum atomic E-state index is 12.7. The molecule has 3 rings (SSSR count). The minimum absolute atomic E-state index is 0.0658. The highest BCUT2D eigenvalue weighted by molar-refractivity contribution is 5.96. The molecule has 1 N–H and O–H groups in total. The van der Waals surface area contributed by atoms with Gasteiger partial charge in [0, 0.05) is 32.2 Å². The van der Waals surface area contributed by atoms with Crippen LogP contribution in [0.3, 0.4) is 0 Å². The molecule has 2 saturated heterocycles. The Labute approximate surface area is 136 Å². The summed E-state index contributed by atoms with van der Waals surface area (Å²) < 4.78 is 0. The van der Waals surface area contributed by atoms with Crippen molar-refractivity contribution in [2.24, 2.45) is 0 Å². The predicted molar refractivity (Wildman–Crippen MR) is 87.4 cm³/mol. The summed E-state index contributed by atoms with van der Waals surface area (Å²) in [7, 11) is 1.92. The summed E-state index contributed by atoms with van der Waals surface area (Å²) in [6.45, 7) is 3.02. The monoisotopic (exact) mass is 316 g/mol. The highest BCUT2D eigenvalue weighted by atomic mass is 16.2. The number of nitrogens with one attached hydrogen (secondary N) is 1. The van der Waals surface area contributed by atoms with Gasteiger partial charge in [-0.1, -0.05) is 6.07 Å².